The molecule has 3 rings (SSSR count). The highest BCUT2D eigenvalue weighted by molar-refractivity contribution is 5.75. The molecule has 6 nitrogen and oxygen atoms in total. The van der Waals surface area contributed by atoms with Gasteiger partial charge >= 0.3 is 6.43 Å². The molecule has 9 heteroatoms. The molecule has 0 bridgehead atoms. The Kier molecular flexibility index (Phi) is 8.35. The first kappa shape index (κ1) is 22.1. The fraction of sp³-hybridized carbons (Fsp3) is 0.250. The molecule has 2 aromatic carbocycles. The van der Waals surface area contributed by atoms with Crippen molar-refractivity contribution in [3.8, 4) is 11.5 Å². The first-order valence-corrected chi connectivity index (χ1v) is 8.82. The topological polar surface area (TPSA) is 71.3 Å². The van der Waals surface area contributed by atoms with Crippen LogP contribution in [-0.2, 0) is 11.3 Å². The van der Waals surface area contributed by atoms with Gasteiger partial charge in [-0.05, 0) is 37.9 Å². The number of hydrogen-bond donors (Lipinski definition) is 1. The lowest BCUT2D eigenvalue weighted by atomic mass is 10.1. The van der Waals surface area contributed by atoms with Crippen LogP contribution in [0.25, 0.3) is 11.5 Å². The van der Waals surface area contributed by atoms with Gasteiger partial charge in [0, 0.05) is 16.8 Å². The van der Waals surface area contributed by atoms with Gasteiger partial charge in [-0.1, -0.05) is 31.2 Å². The van der Waals surface area contributed by atoms with Gasteiger partial charge in [-0.3, -0.25) is 4.79 Å². The van der Waals surface area contributed by atoms with Gasteiger partial charge in [0.15, 0.2) is 0 Å². The fourth-order valence-corrected chi connectivity index (χ4v) is 2.24. The lowest BCUT2D eigenvalue weighted by Gasteiger charge is -2.18. The summed E-state index contributed by atoms with van der Waals surface area (Å²) in [4.78, 5) is 12.6. The Labute approximate surface area is 166 Å². The quantitative estimate of drug-likeness (QED) is 0.596. The monoisotopic (exact) mass is 406 g/mol. The molecule has 0 aliphatic heterocycles. The second-order valence-electron chi connectivity index (χ2n) is 5.83. The van der Waals surface area contributed by atoms with Crippen molar-refractivity contribution in [3.63, 3.8) is 0 Å². The van der Waals surface area contributed by atoms with Gasteiger partial charge in [0.1, 0.15) is 5.82 Å². The van der Waals surface area contributed by atoms with Crippen LogP contribution in [0.3, 0.4) is 0 Å². The Hall–Kier alpha value is -3.20. The van der Waals surface area contributed by atoms with Gasteiger partial charge in [-0.2, -0.15) is 8.78 Å². The summed E-state index contributed by atoms with van der Waals surface area (Å²) in [7, 11) is 1.93. The highest BCUT2D eigenvalue weighted by Gasteiger charge is 2.18. The van der Waals surface area contributed by atoms with Crippen molar-refractivity contribution in [2.75, 3.05) is 18.5 Å². The predicted molar refractivity (Wildman–Crippen MR) is 103 cm³/mol. The Balaban J connectivity index is 0.000000687. The molecule has 0 unspecified atom stereocenters. The number of para-hydroxylation sites is 1. The average Bonchev–Trinajstić information content (AvgIpc) is 3.24. The minimum atomic E-state index is -2.89. The van der Waals surface area contributed by atoms with Crippen LogP contribution in [0.15, 0.2) is 52.9 Å². The largest absolute Gasteiger partial charge is 0.415 e. The van der Waals surface area contributed by atoms with Crippen molar-refractivity contribution in [1.29, 1.82) is 0 Å². The summed E-state index contributed by atoms with van der Waals surface area (Å²) in [5, 5.41) is 9.61. The minimum absolute atomic E-state index is 0.0196. The van der Waals surface area contributed by atoms with Gasteiger partial charge in [0.2, 0.25) is 12.3 Å². The summed E-state index contributed by atoms with van der Waals surface area (Å²) in [5.74, 6) is -1.64. The molecule has 0 aliphatic carbocycles. The zero-order valence-electron chi connectivity index (χ0n) is 16.0. The summed E-state index contributed by atoms with van der Waals surface area (Å²) >= 11 is 0. The van der Waals surface area contributed by atoms with E-state index >= 15 is 0 Å². The molecule has 1 aromatic heterocycles. The number of anilines is 1. The summed E-state index contributed by atoms with van der Waals surface area (Å²) in [6.07, 6.45) is -2.28. The number of nitrogens with zero attached hydrogens (tertiary/aromatic N) is 3. The maximum Gasteiger partial charge on any atom is 0.314 e. The Morgan fingerprint density at radius 1 is 1.17 bits per heavy atom. The summed E-state index contributed by atoms with van der Waals surface area (Å²) in [6, 6.07) is 12.8. The molecule has 0 aliphatic rings. The van der Waals surface area contributed by atoms with Crippen molar-refractivity contribution >= 4 is 12.1 Å². The maximum atomic E-state index is 14.3. The first-order chi connectivity index (χ1) is 14.0. The zero-order valence-corrected chi connectivity index (χ0v) is 16.0. The number of carbonyl (C=O) groups is 1. The number of hydrogen-bond acceptors (Lipinski definition) is 5. The van der Waals surface area contributed by atoms with Crippen molar-refractivity contribution in [2.45, 2.75) is 19.9 Å². The Morgan fingerprint density at radius 2 is 1.86 bits per heavy atom. The number of halogens is 3. The smallest absolute Gasteiger partial charge is 0.314 e. The second kappa shape index (κ2) is 11.0. The maximum absolute atomic E-state index is 14.3. The van der Waals surface area contributed by atoms with E-state index in [2.05, 4.69) is 22.4 Å². The fourth-order valence-electron chi connectivity index (χ4n) is 2.24. The molecule has 3 aromatic rings. The van der Waals surface area contributed by atoms with E-state index in [0.717, 1.165) is 12.6 Å². The molecule has 154 valence electrons. The van der Waals surface area contributed by atoms with Crippen LogP contribution in [-0.4, -0.2) is 30.2 Å². The average molecular weight is 406 g/mol. The third-order valence-corrected chi connectivity index (χ3v) is 3.84. The number of amides is 1. The van der Waals surface area contributed by atoms with Crippen LogP contribution >= 0.6 is 0 Å². The molecule has 0 radical (unpaired) electrons. The molecule has 1 N–H and O–H groups in total. The van der Waals surface area contributed by atoms with Crippen LogP contribution in [0.2, 0.25) is 0 Å². The number of carbonyl (C=O) groups excluding carboxylic acids is 1. The van der Waals surface area contributed by atoms with Crippen LogP contribution in [0, 0.1) is 5.82 Å². The number of nitrogens with one attached hydrogen (secondary N) is 1. The molecular formula is C20H21F3N4O2. The van der Waals surface area contributed by atoms with Gasteiger partial charge in [-0.15, -0.1) is 10.2 Å². The number of alkyl halides is 2. The SMILES string of the molecule is CCNC.O=CN(Cc1ccc(-c2nnc(C(F)F)o2)cc1F)c1ccccc1. The molecule has 0 spiro atoms. The standard InChI is InChI=1S/C17H12F3N3O2.C3H9N/c18-14-8-11(16-21-22-17(25-16)15(19)20)6-7-12(14)9-23(10-24)13-4-2-1-3-5-13;1-3-4-2/h1-8,10,15H,9H2;4H,3H2,1-2H3. The van der Waals surface area contributed by atoms with Gasteiger partial charge in [-0.25, -0.2) is 4.39 Å². The molecule has 0 saturated carbocycles. The van der Waals surface area contributed by atoms with Crippen LogP contribution in [0.5, 0.6) is 0 Å². The van der Waals surface area contributed by atoms with Gasteiger partial charge < -0.3 is 14.6 Å². The normalized spacial score (nSPS) is 10.4. The first-order valence-electron chi connectivity index (χ1n) is 8.82. The highest BCUT2D eigenvalue weighted by Crippen LogP contribution is 2.25. The van der Waals surface area contributed by atoms with E-state index in [4.69, 9.17) is 4.42 Å². The molecular weight excluding hydrogens is 385 g/mol. The summed E-state index contributed by atoms with van der Waals surface area (Å²) in [6.45, 7) is 3.16. The Bertz CT molecular complexity index is 902. The third-order valence-electron chi connectivity index (χ3n) is 3.84. The second-order valence-corrected chi connectivity index (χ2v) is 5.83. The highest BCUT2D eigenvalue weighted by atomic mass is 19.3. The van der Waals surface area contributed by atoms with Gasteiger partial charge in [0.25, 0.3) is 5.89 Å². The number of aromatic nitrogens is 2. The number of rotatable bonds is 7. The van der Waals surface area contributed by atoms with Crippen molar-refractivity contribution in [2.24, 2.45) is 0 Å². The lowest BCUT2D eigenvalue weighted by Crippen LogP contribution is -2.20. The van der Waals surface area contributed by atoms with E-state index in [0.29, 0.717) is 12.1 Å². The van der Waals surface area contributed by atoms with E-state index in [1.807, 2.05) is 7.05 Å². The molecule has 1 heterocycles. The van der Waals surface area contributed by atoms with Crippen molar-refractivity contribution < 1.29 is 22.4 Å². The Morgan fingerprint density at radius 3 is 2.38 bits per heavy atom. The molecule has 0 saturated heterocycles. The molecule has 29 heavy (non-hydrogen) atoms. The van der Waals surface area contributed by atoms with Crippen LogP contribution < -0.4 is 10.2 Å². The van der Waals surface area contributed by atoms with E-state index < -0.39 is 18.1 Å². The van der Waals surface area contributed by atoms with Crippen molar-refractivity contribution in [3.05, 3.63) is 65.8 Å². The van der Waals surface area contributed by atoms with E-state index in [1.54, 1.807) is 30.3 Å². The van der Waals surface area contributed by atoms with E-state index in [9.17, 15) is 18.0 Å². The van der Waals surface area contributed by atoms with Gasteiger partial charge in [0.05, 0.1) is 6.54 Å². The molecule has 0 atom stereocenters. The minimum Gasteiger partial charge on any atom is -0.415 e. The lowest BCUT2D eigenvalue weighted by molar-refractivity contribution is -0.107. The van der Waals surface area contributed by atoms with E-state index in [-0.39, 0.29) is 23.6 Å². The molecule has 0 fully saturated rings. The van der Waals surface area contributed by atoms with Crippen LogP contribution in [0.1, 0.15) is 24.8 Å². The van der Waals surface area contributed by atoms with E-state index in [1.165, 1.54) is 17.0 Å². The zero-order chi connectivity index (χ0) is 21.2. The van der Waals surface area contributed by atoms with Crippen LogP contribution in [0.4, 0.5) is 18.9 Å². The predicted octanol–water partition coefficient (Wildman–Crippen LogP) is 4.20. The number of benzene rings is 2. The van der Waals surface area contributed by atoms with Crippen molar-refractivity contribution in [1.82, 2.24) is 15.5 Å². The molecule has 1 amide bonds. The summed E-state index contributed by atoms with van der Waals surface area (Å²) in [5.41, 5.74) is 1.06. The summed E-state index contributed by atoms with van der Waals surface area (Å²) < 4.78 is 44.1. The third kappa shape index (κ3) is 6.15.